The lowest BCUT2D eigenvalue weighted by Crippen LogP contribution is -2.24. The van der Waals surface area contributed by atoms with Crippen molar-refractivity contribution < 1.29 is 14.3 Å². The summed E-state index contributed by atoms with van der Waals surface area (Å²) in [6.07, 6.45) is 0.381. The standard InChI is InChI=1S/C19H21N5O3/c1-3-27-15-10-8-14(9-11-15)20-19(25)16(18-21-23-24-22-18)12-13-6-4-5-7-17(13)26-2/h4-11,16H,3,12H2,1-2H3,(H,20,25)(H,21,22,23,24)/t16-/m1/s1. The second kappa shape index (κ2) is 8.79. The van der Waals surface area contributed by atoms with Crippen molar-refractivity contribution in [1.82, 2.24) is 20.6 Å². The van der Waals surface area contributed by atoms with E-state index in [2.05, 4.69) is 25.9 Å². The van der Waals surface area contributed by atoms with Crippen LogP contribution in [0.2, 0.25) is 0 Å². The van der Waals surface area contributed by atoms with Gasteiger partial charge in [-0.2, -0.15) is 5.21 Å². The van der Waals surface area contributed by atoms with Gasteiger partial charge in [-0.25, -0.2) is 0 Å². The van der Waals surface area contributed by atoms with Crippen LogP contribution >= 0.6 is 0 Å². The Bertz CT molecular complexity index is 865. The summed E-state index contributed by atoms with van der Waals surface area (Å²) in [7, 11) is 1.60. The van der Waals surface area contributed by atoms with Crippen LogP contribution in [0.3, 0.4) is 0 Å². The third kappa shape index (κ3) is 4.60. The Labute approximate surface area is 156 Å². The number of anilines is 1. The molecule has 0 aliphatic carbocycles. The highest BCUT2D eigenvalue weighted by molar-refractivity contribution is 5.95. The Morgan fingerprint density at radius 1 is 1.19 bits per heavy atom. The van der Waals surface area contributed by atoms with E-state index in [0.717, 1.165) is 11.3 Å². The van der Waals surface area contributed by atoms with Gasteiger partial charge in [0.15, 0.2) is 5.82 Å². The Morgan fingerprint density at radius 2 is 1.96 bits per heavy atom. The van der Waals surface area contributed by atoms with Crippen LogP contribution < -0.4 is 14.8 Å². The molecule has 0 aliphatic rings. The van der Waals surface area contributed by atoms with Crippen molar-refractivity contribution in [2.24, 2.45) is 0 Å². The molecule has 0 spiro atoms. The van der Waals surface area contributed by atoms with E-state index in [1.807, 2.05) is 43.3 Å². The summed E-state index contributed by atoms with van der Waals surface area (Å²) < 4.78 is 10.8. The average Bonchev–Trinajstić information content (AvgIpc) is 3.22. The number of methoxy groups -OCH3 is 1. The maximum Gasteiger partial charge on any atom is 0.235 e. The second-order valence-corrected chi connectivity index (χ2v) is 5.79. The molecule has 0 saturated heterocycles. The van der Waals surface area contributed by atoms with Gasteiger partial charge < -0.3 is 14.8 Å². The van der Waals surface area contributed by atoms with Crippen molar-refractivity contribution in [3.05, 3.63) is 59.9 Å². The molecule has 3 rings (SSSR count). The van der Waals surface area contributed by atoms with Crippen molar-refractivity contribution in [2.45, 2.75) is 19.3 Å². The molecule has 27 heavy (non-hydrogen) atoms. The molecule has 8 nitrogen and oxygen atoms in total. The Morgan fingerprint density at radius 3 is 2.63 bits per heavy atom. The fourth-order valence-electron chi connectivity index (χ4n) is 2.74. The van der Waals surface area contributed by atoms with Gasteiger partial charge in [-0.05, 0) is 49.2 Å². The molecule has 0 unspecified atom stereocenters. The number of nitrogens with zero attached hydrogens (tertiary/aromatic N) is 3. The smallest absolute Gasteiger partial charge is 0.235 e. The third-order valence-electron chi connectivity index (χ3n) is 4.04. The number of tetrazole rings is 1. The van der Waals surface area contributed by atoms with E-state index in [-0.39, 0.29) is 5.91 Å². The number of para-hydroxylation sites is 1. The van der Waals surface area contributed by atoms with Crippen LogP contribution in [-0.2, 0) is 11.2 Å². The normalized spacial score (nSPS) is 11.6. The first-order valence-electron chi connectivity index (χ1n) is 8.60. The fourth-order valence-corrected chi connectivity index (χ4v) is 2.74. The van der Waals surface area contributed by atoms with Crippen molar-refractivity contribution in [2.75, 3.05) is 19.0 Å². The molecular formula is C19H21N5O3. The molecule has 1 atom stereocenters. The largest absolute Gasteiger partial charge is 0.496 e. The zero-order valence-corrected chi connectivity index (χ0v) is 15.2. The minimum Gasteiger partial charge on any atom is -0.496 e. The third-order valence-corrected chi connectivity index (χ3v) is 4.04. The molecule has 0 bridgehead atoms. The Hall–Kier alpha value is -3.42. The summed E-state index contributed by atoms with van der Waals surface area (Å²) in [5, 5.41) is 16.9. The molecule has 0 aliphatic heterocycles. The molecule has 1 aromatic heterocycles. The maximum absolute atomic E-state index is 12.9. The topological polar surface area (TPSA) is 102 Å². The summed E-state index contributed by atoms with van der Waals surface area (Å²) >= 11 is 0. The van der Waals surface area contributed by atoms with Crippen LogP contribution in [0.15, 0.2) is 48.5 Å². The van der Waals surface area contributed by atoms with Crippen LogP contribution in [0, 0.1) is 0 Å². The van der Waals surface area contributed by atoms with Gasteiger partial charge in [0.1, 0.15) is 17.4 Å². The average molecular weight is 367 g/mol. The fraction of sp³-hybridized carbons (Fsp3) is 0.263. The van der Waals surface area contributed by atoms with Crippen molar-refractivity contribution >= 4 is 11.6 Å². The van der Waals surface area contributed by atoms with E-state index in [4.69, 9.17) is 9.47 Å². The van der Waals surface area contributed by atoms with E-state index in [9.17, 15) is 4.79 Å². The minimum absolute atomic E-state index is 0.230. The highest BCUT2D eigenvalue weighted by atomic mass is 16.5. The Kier molecular flexibility index (Phi) is 5.98. The molecule has 0 saturated carbocycles. The first-order chi connectivity index (χ1) is 13.2. The predicted octanol–water partition coefficient (Wildman–Crippen LogP) is 2.57. The van der Waals surface area contributed by atoms with Gasteiger partial charge in [-0.3, -0.25) is 4.79 Å². The summed E-state index contributed by atoms with van der Waals surface area (Å²) in [5.74, 6) is 0.932. The number of nitrogens with one attached hydrogen (secondary N) is 2. The number of ether oxygens (including phenoxy) is 2. The van der Waals surface area contributed by atoms with Crippen molar-refractivity contribution in [3.8, 4) is 11.5 Å². The van der Waals surface area contributed by atoms with Crippen LogP contribution in [0.4, 0.5) is 5.69 Å². The lowest BCUT2D eigenvalue weighted by Gasteiger charge is -2.16. The van der Waals surface area contributed by atoms with Crippen LogP contribution in [-0.4, -0.2) is 40.2 Å². The maximum atomic E-state index is 12.9. The van der Waals surface area contributed by atoms with Crippen LogP contribution in [0.5, 0.6) is 11.5 Å². The van der Waals surface area contributed by atoms with Gasteiger partial charge in [0.2, 0.25) is 5.91 Å². The molecular weight excluding hydrogens is 346 g/mol. The molecule has 140 valence electrons. The number of hydrogen-bond acceptors (Lipinski definition) is 6. The van der Waals surface area contributed by atoms with E-state index < -0.39 is 5.92 Å². The van der Waals surface area contributed by atoms with Gasteiger partial charge in [0, 0.05) is 5.69 Å². The second-order valence-electron chi connectivity index (χ2n) is 5.79. The first-order valence-corrected chi connectivity index (χ1v) is 8.60. The molecule has 0 radical (unpaired) electrons. The number of H-pyrrole nitrogens is 1. The molecule has 2 N–H and O–H groups in total. The van der Waals surface area contributed by atoms with Gasteiger partial charge in [0.25, 0.3) is 0 Å². The number of rotatable bonds is 8. The van der Waals surface area contributed by atoms with Crippen molar-refractivity contribution in [1.29, 1.82) is 0 Å². The summed E-state index contributed by atoms with van der Waals surface area (Å²) in [5.41, 5.74) is 1.55. The highest BCUT2D eigenvalue weighted by Gasteiger charge is 2.26. The molecule has 1 amide bonds. The number of carbonyl (C=O) groups excluding carboxylic acids is 1. The lowest BCUT2D eigenvalue weighted by molar-refractivity contribution is -0.117. The zero-order chi connectivity index (χ0) is 19.1. The number of hydrogen-bond donors (Lipinski definition) is 2. The first kappa shape index (κ1) is 18.4. The minimum atomic E-state index is -0.619. The number of aromatic nitrogens is 4. The Balaban J connectivity index is 1.79. The van der Waals surface area contributed by atoms with Crippen LogP contribution in [0.25, 0.3) is 0 Å². The summed E-state index contributed by atoms with van der Waals surface area (Å²) in [6, 6.07) is 14.7. The lowest BCUT2D eigenvalue weighted by atomic mass is 9.97. The monoisotopic (exact) mass is 367 g/mol. The van der Waals surface area contributed by atoms with Gasteiger partial charge in [-0.15, -0.1) is 10.2 Å². The molecule has 0 fully saturated rings. The van der Waals surface area contributed by atoms with Gasteiger partial charge >= 0.3 is 0 Å². The molecule has 3 aromatic rings. The zero-order valence-electron chi connectivity index (χ0n) is 15.2. The van der Waals surface area contributed by atoms with E-state index in [1.165, 1.54) is 0 Å². The SMILES string of the molecule is CCOc1ccc(NC(=O)[C@H](Cc2ccccc2OC)c2nn[nH]n2)cc1. The molecule has 8 heteroatoms. The number of benzene rings is 2. The summed E-state index contributed by atoms with van der Waals surface area (Å²) in [6.45, 7) is 2.51. The van der Waals surface area contributed by atoms with E-state index in [0.29, 0.717) is 30.3 Å². The number of carbonyl (C=O) groups is 1. The van der Waals surface area contributed by atoms with Gasteiger partial charge in [-0.1, -0.05) is 23.4 Å². The van der Waals surface area contributed by atoms with Gasteiger partial charge in [0.05, 0.1) is 13.7 Å². The van der Waals surface area contributed by atoms with E-state index >= 15 is 0 Å². The number of aromatic amines is 1. The quantitative estimate of drug-likeness (QED) is 0.634. The van der Waals surface area contributed by atoms with Crippen molar-refractivity contribution in [3.63, 3.8) is 0 Å². The summed E-state index contributed by atoms with van der Waals surface area (Å²) in [4.78, 5) is 12.9. The molecule has 1 heterocycles. The highest BCUT2D eigenvalue weighted by Crippen LogP contribution is 2.26. The molecule has 2 aromatic carbocycles. The number of amides is 1. The van der Waals surface area contributed by atoms with Crippen LogP contribution in [0.1, 0.15) is 24.2 Å². The predicted molar refractivity (Wildman–Crippen MR) is 99.9 cm³/mol. The van der Waals surface area contributed by atoms with E-state index in [1.54, 1.807) is 19.2 Å².